The van der Waals surface area contributed by atoms with E-state index in [1.165, 1.54) is 65.3 Å². The number of anilines is 3. The lowest BCUT2D eigenvalue weighted by atomic mass is 9.94. The van der Waals surface area contributed by atoms with Gasteiger partial charge in [-0.05, 0) is 103 Å². The maximum atomic E-state index is 6.65. The second-order valence-corrected chi connectivity index (χ2v) is 17.6. The minimum absolute atomic E-state index is 0.919. The van der Waals surface area contributed by atoms with E-state index in [0.717, 1.165) is 33.8 Å². The maximum Gasteiger partial charge on any atom is 0.136 e. The van der Waals surface area contributed by atoms with Gasteiger partial charge in [-0.3, -0.25) is 0 Å². The molecule has 268 valence electrons. The van der Waals surface area contributed by atoms with Crippen molar-refractivity contribution in [3.8, 4) is 44.5 Å². The summed E-state index contributed by atoms with van der Waals surface area (Å²) in [5.74, 6) is 0. The van der Waals surface area contributed by atoms with Crippen LogP contribution in [0.5, 0.6) is 0 Å². The zero-order valence-electron chi connectivity index (χ0n) is 31.2. The molecule has 0 bridgehead atoms. The normalized spacial score (nSPS) is 13.1. The number of benzene rings is 9. The Morgan fingerprint density at radius 1 is 0.316 bits per heavy atom. The highest BCUT2D eigenvalue weighted by molar-refractivity contribution is 6.99. The van der Waals surface area contributed by atoms with Crippen LogP contribution in [0.4, 0.5) is 17.1 Å². The van der Waals surface area contributed by atoms with Gasteiger partial charge in [0, 0.05) is 27.8 Å². The summed E-state index contributed by atoms with van der Waals surface area (Å²) in [5.41, 5.74) is 15.1. The monoisotopic (exact) mass is 743 g/mol. The molecule has 11 rings (SSSR count). The topological polar surface area (TPSA) is 16.4 Å². The van der Waals surface area contributed by atoms with Gasteiger partial charge in [0.15, 0.2) is 0 Å². The van der Waals surface area contributed by atoms with E-state index < -0.39 is 8.80 Å². The van der Waals surface area contributed by atoms with Crippen molar-refractivity contribution in [1.82, 2.24) is 0 Å². The third-order valence-electron chi connectivity index (χ3n) is 11.6. The molecule has 3 heteroatoms. The molecule has 0 spiro atoms. The maximum absolute atomic E-state index is 6.65. The number of hydrogen-bond donors (Lipinski definition) is 0. The summed E-state index contributed by atoms with van der Waals surface area (Å²) in [6.07, 6.45) is 0. The lowest BCUT2D eigenvalue weighted by molar-refractivity contribution is 0.669. The van der Waals surface area contributed by atoms with Crippen molar-refractivity contribution < 1.29 is 4.42 Å². The summed E-state index contributed by atoms with van der Waals surface area (Å²) in [4.78, 5) is 2.34. The van der Waals surface area contributed by atoms with E-state index in [0.29, 0.717) is 0 Å². The van der Waals surface area contributed by atoms with Gasteiger partial charge in [0.25, 0.3) is 0 Å². The minimum Gasteiger partial charge on any atom is -0.456 e. The second kappa shape index (κ2) is 13.8. The van der Waals surface area contributed by atoms with Crippen molar-refractivity contribution in [3.05, 3.63) is 218 Å². The molecule has 10 aromatic rings. The van der Waals surface area contributed by atoms with Gasteiger partial charge < -0.3 is 9.32 Å². The van der Waals surface area contributed by atoms with Crippen molar-refractivity contribution in [1.29, 1.82) is 0 Å². The van der Waals surface area contributed by atoms with Gasteiger partial charge in [-0.2, -0.15) is 0 Å². The Labute approximate surface area is 334 Å². The van der Waals surface area contributed by atoms with Gasteiger partial charge in [-0.15, -0.1) is 0 Å². The highest BCUT2D eigenvalue weighted by atomic mass is 28.3. The predicted octanol–water partition coefficient (Wildman–Crippen LogP) is 12.3. The SMILES string of the molecule is c1ccc(-c2ccccc2-c2ccc(N(c3ccccc3)c3ccc(-c4cccc5oc6ccc7c(c6c45)-c4ccccc4[SiH]7c4ccccc4)cc3)cc2)cc1. The standard InChI is InChI=1S/C54H37NOSi/c1-4-15-37(16-5-1)44-21-10-11-22-45(44)38-27-31-41(32-28-38)55(40-17-6-2-7-18-40)42-33-29-39(30-34-42)46-24-14-25-48-52(46)54-49(56-48)35-36-51-53(54)47-23-12-13-26-50(47)57(51)43-19-8-3-9-20-43/h1-36,57H. The van der Waals surface area contributed by atoms with Gasteiger partial charge in [0.2, 0.25) is 0 Å². The molecule has 0 saturated heterocycles. The fourth-order valence-corrected chi connectivity index (χ4v) is 12.4. The second-order valence-electron chi connectivity index (χ2n) is 14.8. The van der Waals surface area contributed by atoms with Gasteiger partial charge in [-0.1, -0.05) is 175 Å². The fourth-order valence-electron chi connectivity index (χ4n) is 9.05. The minimum atomic E-state index is -1.65. The van der Waals surface area contributed by atoms with E-state index in [1.807, 2.05) is 0 Å². The molecule has 1 aromatic heterocycles. The number of nitrogens with zero attached hydrogens (tertiary/aromatic N) is 1. The molecule has 1 aliphatic heterocycles. The average Bonchev–Trinajstić information content (AvgIpc) is 3.84. The molecule has 57 heavy (non-hydrogen) atoms. The van der Waals surface area contributed by atoms with Crippen LogP contribution in [-0.2, 0) is 0 Å². The number of fused-ring (bicyclic) bond motifs is 7. The Hall–Kier alpha value is -7.20. The molecule has 9 aromatic carbocycles. The van der Waals surface area contributed by atoms with Crippen LogP contribution < -0.4 is 20.5 Å². The largest absolute Gasteiger partial charge is 0.456 e. The van der Waals surface area contributed by atoms with Crippen LogP contribution in [0.25, 0.3) is 66.4 Å². The summed E-state index contributed by atoms with van der Waals surface area (Å²) >= 11 is 0. The van der Waals surface area contributed by atoms with Crippen LogP contribution >= 0.6 is 0 Å². The van der Waals surface area contributed by atoms with Crippen LogP contribution in [0.15, 0.2) is 223 Å². The summed E-state index contributed by atoms with van der Waals surface area (Å²) in [6.45, 7) is 0. The summed E-state index contributed by atoms with van der Waals surface area (Å²) < 4.78 is 6.65. The zero-order valence-corrected chi connectivity index (χ0v) is 32.4. The molecule has 0 fully saturated rings. The van der Waals surface area contributed by atoms with E-state index in [-0.39, 0.29) is 0 Å². The van der Waals surface area contributed by atoms with E-state index in [9.17, 15) is 0 Å². The Balaban J connectivity index is 1.01. The van der Waals surface area contributed by atoms with Crippen LogP contribution in [0.2, 0.25) is 0 Å². The van der Waals surface area contributed by atoms with E-state index in [2.05, 4.69) is 223 Å². The highest BCUT2D eigenvalue weighted by Gasteiger charge is 2.34. The van der Waals surface area contributed by atoms with Crippen molar-refractivity contribution >= 4 is 63.4 Å². The van der Waals surface area contributed by atoms with Crippen molar-refractivity contribution in [2.24, 2.45) is 0 Å². The molecular formula is C54H37NOSi. The first-order valence-electron chi connectivity index (χ1n) is 19.6. The number of furan rings is 1. The molecule has 0 aliphatic carbocycles. The molecule has 0 amide bonds. The molecule has 1 unspecified atom stereocenters. The molecule has 0 radical (unpaired) electrons. The quantitative estimate of drug-likeness (QED) is 0.151. The lowest BCUT2D eigenvalue weighted by Gasteiger charge is -2.26. The fraction of sp³-hybridized carbons (Fsp3) is 0. The van der Waals surface area contributed by atoms with E-state index >= 15 is 0 Å². The summed E-state index contributed by atoms with van der Waals surface area (Å²) in [6, 6.07) is 79.1. The molecule has 1 aliphatic rings. The molecule has 2 heterocycles. The molecule has 0 N–H and O–H groups in total. The molecule has 1 atom stereocenters. The number of para-hydroxylation sites is 1. The summed E-state index contributed by atoms with van der Waals surface area (Å²) in [7, 11) is -1.65. The van der Waals surface area contributed by atoms with Crippen LogP contribution in [0, 0.1) is 0 Å². The molecule has 2 nitrogen and oxygen atoms in total. The van der Waals surface area contributed by atoms with Gasteiger partial charge in [0.1, 0.15) is 20.0 Å². The lowest BCUT2D eigenvalue weighted by Crippen LogP contribution is -2.48. The summed E-state index contributed by atoms with van der Waals surface area (Å²) in [5, 5.41) is 6.80. The first-order valence-corrected chi connectivity index (χ1v) is 21.4. The Morgan fingerprint density at radius 2 is 0.807 bits per heavy atom. The Bertz CT molecular complexity index is 3040. The van der Waals surface area contributed by atoms with E-state index in [4.69, 9.17) is 4.42 Å². The van der Waals surface area contributed by atoms with Gasteiger partial charge in [0.05, 0.1) is 0 Å². The Morgan fingerprint density at radius 3 is 1.47 bits per heavy atom. The number of hydrogen-bond acceptors (Lipinski definition) is 2. The van der Waals surface area contributed by atoms with Crippen molar-refractivity contribution in [3.63, 3.8) is 0 Å². The first kappa shape index (κ1) is 33.2. The highest BCUT2D eigenvalue weighted by Crippen LogP contribution is 2.43. The zero-order chi connectivity index (χ0) is 37.7. The Kier molecular flexibility index (Phi) is 8.04. The first-order chi connectivity index (χ1) is 28.3. The van der Waals surface area contributed by atoms with Gasteiger partial charge in [-0.25, -0.2) is 0 Å². The predicted molar refractivity (Wildman–Crippen MR) is 243 cm³/mol. The molecular weight excluding hydrogens is 707 g/mol. The molecule has 0 saturated carbocycles. The van der Waals surface area contributed by atoms with Crippen LogP contribution in [0.1, 0.15) is 0 Å². The van der Waals surface area contributed by atoms with Gasteiger partial charge >= 0.3 is 0 Å². The third-order valence-corrected chi connectivity index (χ3v) is 14.9. The smallest absolute Gasteiger partial charge is 0.136 e. The third kappa shape index (κ3) is 5.63. The van der Waals surface area contributed by atoms with Crippen molar-refractivity contribution in [2.75, 3.05) is 4.90 Å². The number of rotatable bonds is 7. The van der Waals surface area contributed by atoms with Crippen LogP contribution in [0.3, 0.4) is 0 Å². The average molecular weight is 744 g/mol. The van der Waals surface area contributed by atoms with Crippen LogP contribution in [-0.4, -0.2) is 8.80 Å². The van der Waals surface area contributed by atoms with Crippen molar-refractivity contribution in [2.45, 2.75) is 0 Å². The van der Waals surface area contributed by atoms with E-state index in [1.54, 1.807) is 0 Å².